The summed E-state index contributed by atoms with van der Waals surface area (Å²) in [6.07, 6.45) is 3.66. The molecule has 34 heavy (non-hydrogen) atoms. The summed E-state index contributed by atoms with van der Waals surface area (Å²) in [6.45, 7) is 3.62. The third kappa shape index (κ3) is 3.47. The molecule has 0 N–H and O–H groups in total. The molecule has 3 aromatic carbocycles. The molecule has 5 aromatic rings. The van der Waals surface area contributed by atoms with Gasteiger partial charge in [0.2, 0.25) is 0 Å². The van der Waals surface area contributed by atoms with E-state index in [-0.39, 0.29) is 5.82 Å². The Morgan fingerprint density at radius 1 is 1.00 bits per heavy atom. The summed E-state index contributed by atoms with van der Waals surface area (Å²) < 4.78 is 36.5. The van der Waals surface area contributed by atoms with Gasteiger partial charge in [-0.3, -0.25) is 0 Å². The van der Waals surface area contributed by atoms with Crippen molar-refractivity contribution in [2.45, 2.75) is 30.6 Å². The summed E-state index contributed by atoms with van der Waals surface area (Å²) in [5, 5.41) is 6.47. The predicted octanol–water partition coefficient (Wildman–Crippen LogP) is 5.89. The van der Waals surface area contributed by atoms with Crippen LogP contribution in [0.2, 0.25) is 0 Å². The first-order valence-electron chi connectivity index (χ1n) is 11.5. The van der Waals surface area contributed by atoms with E-state index in [4.69, 9.17) is 4.74 Å². The van der Waals surface area contributed by atoms with Crippen molar-refractivity contribution in [3.63, 3.8) is 0 Å². The smallest absolute Gasteiger partial charge is 0.173 e. The molecule has 5 nitrogen and oxygen atoms in total. The normalized spacial score (nSPS) is 15.8. The Hall–Kier alpha value is -3.29. The molecule has 6 rings (SSSR count). The van der Waals surface area contributed by atoms with Crippen molar-refractivity contribution in [1.82, 2.24) is 13.8 Å². The van der Waals surface area contributed by atoms with E-state index in [0.717, 1.165) is 53.5 Å². The molecule has 1 saturated heterocycles. The van der Waals surface area contributed by atoms with Crippen LogP contribution < -0.4 is 0 Å². The molecular formula is C27H24FN3O2S. The van der Waals surface area contributed by atoms with E-state index in [1.807, 2.05) is 42.5 Å². The quantitative estimate of drug-likeness (QED) is 0.327. The zero-order chi connectivity index (χ0) is 23.2. The second-order valence-corrected chi connectivity index (χ2v) is 10.0. The number of nitrogens with zero attached hydrogens (tertiary/aromatic N) is 3. The van der Waals surface area contributed by atoms with E-state index in [1.54, 1.807) is 10.3 Å². The van der Waals surface area contributed by atoms with Crippen LogP contribution in [0.5, 0.6) is 0 Å². The molecule has 0 amide bonds. The zero-order valence-corrected chi connectivity index (χ0v) is 19.6. The van der Waals surface area contributed by atoms with E-state index in [9.17, 15) is 8.60 Å². The van der Waals surface area contributed by atoms with Gasteiger partial charge in [0.15, 0.2) is 11.0 Å². The number of rotatable bonds is 4. The first-order valence-corrected chi connectivity index (χ1v) is 12.6. The second-order valence-electron chi connectivity index (χ2n) is 8.72. The molecule has 1 aliphatic heterocycles. The summed E-state index contributed by atoms with van der Waals surface area (Å²) >= 11 is 0. The maximum atomic E-state index is 13.7. The van der Waals surface area contributed by atoms with Crippen LogP contribution in [0, 0.1) is 12.7 Å². The van der Waals surface area contributed by atoms with Gasteiger partial charge >= 0.3 is 0 Å². The molecule has 2 aromatic heterocycles. The van der Waals surface area contributed by atoms with E-state index in [0.29, 0.717) is 10.8 Å². The third-order valence-electron chi connectivity index (χ3n) is 6.72. The van der Waals surface area contributed by atoms with Crippen LogP contribution in [0.1, 0.15) is 30.0 Å². The number of aryl methyl sites for hydroxylation is 1. The molecule has 0 radical (unpaired) electrons. The van der Waals surface area contributed by atoms with E-state index >= 15 is 0 Å². The highest BCUT2D eigenvalue weighted by atomic mass is 32.2. The van der Waals surface area contributed by atoms with Crippen molar-refractivity contribution in [3.05, 3.63) is 90.0 Å². The van der Waals surface area contributed by atoms with Crippen molar-refractivity contribution in [1.29, 1.82) is 0 Å². The number of benzene rings is 3. The van der Waals surface area contributed by atoms with Gasteiger partial charge in [-0.05, 0) is 73.9 Å². The molecule has 1 aliphatic rings. The second kappa shape index (κ2) is 8.49. The lowest BCUT2D eigenvalue weighted by Gasteiger charge is -2.25. The van der Waals surface area contributed by atoms with Gasteiger partial charge in [-0.1, -0.05) is 18.2 Å². The molecule has 7 heteroatoms. The van der Waals surface area contributed by atoms with Gasteiger partial charge < -0.3 is 9.30 Å². The van der Waals surface area contributed by atoms with E-state index < -0.39 is 11.0 Å². The first-order chi connectivity index (χ1) is 16.6. The van der Waals surface area contributed by atoms with Crippen LogP contribution in [-0.4, -0.2) is 31.2 Å². The summed E-state index contributed by atoms with van der Waals surface area (Å²) in [7, 11) is -1.44. The van der Waals surface area contributed by atoms with Crippen molar-refractivity contribution in [2.24, 2.45) is 0 Å². The Labute approximate surface area is 199 Å². The Balaban J connectivity index is 1.59. The minimum atomic E-state index is -1.44. The number of fused-ring (bicyclic) bond motifs is 2. The van der Waals surface area contributed by atoms with Crippen LogP contribution in [0.25, 0.3) is 27.5 Å². The van der Waals surface area contributed by atoms with Gasteiger partial charge in [-0.25, -0.2) is 8.60 Å². The first kappa shape index (κ1) is 21.3. The largest absolute Gasteiger partial charge is 0.381 e. The van der Waals surface area contributed by atoms with Crippen molar-refractivity contribution in [3.8, 4) is 5.69 Å². The SMILES string of the molecule is Cc1c(C2CCOCC2)n(-c2ccc(F)cc2)c2cc3cnn(S(=O)c4ccccc4)c3cc12. The fraction of sp³-hybridized carbons (Fsp3) is 0.222. The summed E-state index contributed by atoms with van der Waals surface area (Å²) in [5.74, 6) is 0.0980. The fourth-order valence-corrected chi connectivity index (χ4v) is 6.12. The fourth-order valence-electron chi connectivity index (χ4n) is 5.06. The lowest BCUT2D eigenvalue weighted by molar-refractivity contribution is 0.0841. The van der Waals surface area contributed by atoms with Gasteiger partial charge in [0, 0.05) is 41.3 Å². The van der Waals surface area contributed by atoms with Gasteiger partial charge in [-0.15, -0.1) is 0 Å². The molecule has 3 heterocycles. The molecule has 1 unspecified atom stereocenters. The highest BCUT2D eigenvalue weighted by Gasteiger charge is 2.26. The predicted molar refractivity (Wildman–Crippen MR) is 132 cm³/mol. The maximum Gasteiger partial charge on any atom is 0.173 e. The van der Waals surface area contributed by atoms with Crippen molar-refractivity contribution in [2.75, 3.05) is 13.2 Å². The molecule has 172 valence electrons. The van der Waals surface area contributed by atoms with Crippen LogP contribution in [-0.2, 0) is 15.7 Å². The van der Waals surface area contributed by atoms with Crippen LogP contribution >= 0.6 is 0 Å². The number of hydrogen-bond donors (Lipinski definition) is 0. The summed E-state index contributed by atoms with van der Waals surface area (Å²) in [5.41, 5.74) is 5.23. The zero-order valence-electron chi connectivity index (χ0n) is 18.8. The minimum absolute atomic E-state index is 0.253. The Morgan fingerprint density at radius 3 is 2.47 bits per heavy atom. The van der Waals surface area contributed by atoms with Crippen LogP contribution in [0.4, 0.5) is 4.39 Å². The van der Waals surface area contributed by atoms with Gasteiger partial charge in [-0.2, -0.15) is 9.19 Å². The van der Waals surface area contributed by atoms with Crippen molar-refractivity contribution < 1.29 is 13.3 Å². The monoisotopic (exact) mass is 473 g/mol. The Kier molecular flexibility index (Phi) is 5.31. The van der Waals surface area contributed by atoms with Crippen LogP contribution in [0.3, 0.4) is 0 Å². The molecule has 0 spiro atoms. The van der Waals surface area contributed by atoms with Gasteiger partial charge in [0.25, 0.3) is 0 Å². The lowest BCUT2D eigenvalue weighted by atomic mass is 9.93. The third-order valence-corrected chi connectivity index (χ3v) is 8.00. The van der Waals surface area contributed by atoms with Crippen molar-refractivity contribution >= 4 is 32.8 Å². The van der Waals surface area contributed by atoms with E-state index in [1.165, 1.54) is 23.4 Å². The Morgan fingerprint density at radius 2 is 1.74 bits per heavy atom. The topological polar surface area (TPSA) is 49.0 Å². The molecule has 0 aliphatic carbocycles. The van der Waals surface area contributed by atoms with Gasteiger partial charge in [0.05, 0.1) is 22.1 Å². The standard InChI is InChI=1S/C27H24FN3O2S/c1-18-24-16-25-20(17-29-31(25)34(32)23-5-3-2-4-6-23)15-26(24)30(22-9-7-21(28)8-10-22)27(18)19-11-13-33-14-12-19/h2-10,15-17,19H,11-14H2,1H3. The minimum Gasteiger partial charge on any atom is -0.381 e. The maximum absolute atomic E-state index is 13.7. The summed E-state index contributed by atoms with van der Waals surface area (Å²) in [4.78, 5) is 0.705. The number of aromatic nitrogens is 3. The molecule has 1 fully saturated rings. The number of halogens is 1. The average molecular weight is 474 g/mol. The highest BCUT2D eigenvalue weighted by molar-refractivity contribution is 7.83. The highest BCUT2D eigenvalue weighted by Crippen LogP contribution is 2.39. The average Bonchev–Trinajstić information content (AvgIpc) is 3.42. The Bertz CT molecular complexity index is 1520. The van der Waals surface area contributed by atoms with Gasteiger partial charge in [0.1, 0.15) is 5.82 Å². The van der Waals surface area contributed by atoms with Crippen LogP contribution in [0.15, 0.2) is 77.8 Å². The molecule has 1 atom stereocenters. The summed E-state index contributed by atoms with van der Waals surface area (Å²) in [6, 6.07) is 20.2. The lowest BCUT2D eigenvalue weighted by Crippen LogP contribution is -2.17. The molecule has 0 bridgehead atoms. The molecular weight excluding hydrogens is 449 g/mol. The number of hydrogen-bond acceptors (Lipinski definition) is 3. The van der Waals surface area contributed by atoms with E-state index in [2.05, 4.69) is 28.7 Å². The molecule has 0 saturated carbocycles. The number of ether oxygens (including phenoxy) is 1.